The van der Waals surface area contributed by atoms with E-state index in [1.54, 1.807) is 0 Å². The molecular weight excluding hydrogens is 360 g/mol. The molecule has 1 N–H and O–H groups in total. The van der Waals surface area contributed by atoms with Crippen LogP contribution in [0.4, 0.5) is 0 Å². The minimum atomic E-state index is -0.761. The molecule has 1 amide bonds. The van der Waals surface area contributed by atoms with Crippen molar-refractivity contribution in [2.24, 2.45) is 5.92 Å². The molecule has 29 heavy (non-hydrogen) atoms. The zero-order valence-corrected chi connectivity index (χ0v) is 18.1. The maximum Gasteiger partial charge on any atom is 0.237 e. The third-order valence-corrected chi connectivity index (χ3v) is 6.39. The van der Waals surface area contributed by atoms with Gasteiger partial charge < -0.3 is 10.0 Å². The fourth-order valence-electron chi connectivity index (χ4n) is 4.56. The molecule has 0 spiro atoms. The van der Waals surface area contributed by atoms with Crippen LogP contribution < -0.4 is 0 Å². The van der Waals surface area contributed by atoms with Gasteiger partial charge in [0, 0.05) is 26.2 Å². The van der Waals surface area contributed by atoms with E-state index in [2.05, 4.69) is 18.7 Å². The van der Waals surface area contributed by atoms with E-state index in [0.717, 1.165) is 30.5 Å². The Hall–Kier alpha value is -2.17. The summed E-state index contributed by atoms with van der Waals surface area (Å²) in [6, 6.07) is 20.2. The maximum atomic E-state index is 13.9. The molecule has 0 aromatic heterocycles. The van der Waals surface area contributed by atoms with Crippen LogP contribution in [0, 0.1) is 5.92 Å². The molecule has 3 rings (SSSR count). The lowest BCUT2D eigenvalue weighted by molar-refractivity contribution is -0.135. The monoisotopic (exact) mass is 394 g/mol. The Labute approximate surface area is 175 Å². The van der Waals surface area contributed by atoms with Crippen LogP contribution in [-0.2, 0) is 10.2 Å². The number of hydrogen-bond donors (Lipinski definition) is 1. The number of carbonyl (C=O) groups is 1. The van der Waals surface area contributed by atoms with E-state index in [0.29, 0.717) is 12.5 Å². The average Bonchev–Trinajstić information content (AvgIpc) is 3.17. The highest BCUT2D eigenvalue weighted by Gasteiger charge is 2.40. The lowest BCUT2D eigenvalue weighted by Gasteiger charge is -2.39. The first-order valence-corrected chi connectivity index (χ1v) is 10.7. The standard InChI is InChI=1S/C25H34N2O2/c1-19(2)22(27-17-11-16-23(27)28)18-26(4)24(29)25(3,20-12-7-5-8-13-20)21-14-9-6-10-15-21/h5-10,12-15,19,22-23,28H,11,16-18H2,1-4H3. The van der Waals surface area contributed by atoms with Crippen molar-refractivity contribution in [2.45, 2.75) is 51.3 Å². The van der Waals surface area contributed by atoms with Gasteiger partial charge in [0.1, 0.15) is 6.23 Å². The maximum absolute atomic E-state index is 13.9. The van der Waals surface area contributed by atoms with Gasteiger partial charge in [-0.25, -0.2) is 0 Å². The number of hydrogen-bond acceptors (Lipinski definition) is 3. The van der Waals surface area contributed by atoms with Crippen molar-refractivity contribution in [3.8, 4) is 0 Å². The Balaban J connectivity index is 1.91. The van der Waals surface area contributed by atoms with Gasteiger partial charge in [-0.05, 0) is 36.8 Å². The number of carbonyl (C=O) groups excluding carboxylic acids is 1. The Kier molecular flexibility index (Phi) is 6.76. The van der Waals surface area contributed by atoms with E-state index >= 15 is 0 Å². The molecule has 2 aromatic rings. The van der Waals surface area contributed by atoms with E-state index < -0.39 is 11.6 Å². The second kappa shape index (κ2) is 9.10. The zero-order chi connectivity index (χ0) is 21.0. The van der Waals surface area contributed by atoms with Crippen molar-refractivity contribution < 1.29 is 9.90 Å². The van der Waals surface area contributed by atoms with Gasteiger partial charge in [0.05, 0.1) is 5.41 Å². The van der Waals surface area contributed by atoms with Crippen LogP contribution in [0.1, 0.15) is 44.7 Å². The van der Waals surface area contributed by atoms with Crippen molar-refractivity contribution in [3.05, 3.63) is 71.8 Å². The van der Waals surface area contributed by atoms with Crippen molar-refractivity contribution in [1.82, 2.24) is 9.80 Å². The van der Waals surface area contributed by atoms with Gasteiger partial charge in [-0.2, -0.15) is 0 Å². The van der Waals surface area contributed by atoms with E-state index in [1.165, 1.54) is 0 Å². The molecular formula is C25H34N2O2. The summed E-state index contributed by atoms with van der Waals surface area (Å²) in [4.78, 5) is 17.9. The summed E-state index contributed by atoms with van der Waals surface area (Å²) < 4.78 is 0. The highest BCUT2D eigenvalue weighted by Crippen LogP contribution is 2.34. The number of nitrogens with zero attached hydrogens (tertiary/aromatic N) is 2. The fraction of sp³-hybridized carbons (Fsp3) is 0.480. The molecule has 0 radical (unpaired) electrons. The Morgan fingerprint density at radius 2 is 1.62 bits per heavy atom. The van der Waals surface area contributed by atoms with E-state index in [9.17, 15) is 9.90 Å². The normalized spacial score (nSPS) is 18.8. The first kappa shape index (κ1) is 21.5. The van der Waals surface area contributed by atoms with Crippen molar-refractivity contribution >= 4 is 5.91 Å². The lowest BCUT2D eigenvalue weighted by Crippen LogP contribution is -2.52. The van der Waals surface area contributed by atoms with Crippen LogP contribution in [0.15, 0.2) is 60.7 Å². The zero-order valence-electron chi connectivity index (χ0n) is 18.1. The quantitative estimate of drug-likeness (QED) is 0.775. The summed E-state index contributed by atoms with van der Waals surface area (Å²) in [5.41, 5.74) is 1.22. The number of likely N-dealkylation sites (tertiary alicyclic amines) is 1. The topological polar surface area (TPSA) is 43.8 Å². The second-order valence-electron chi connectivity index (χ2n) is 8.71. The molecule has 2 aromatic carbocycles. The molecule has 4 nitrogen and oxygen atoms in total. The first-order chi connectivity index (χ1) is 13.9. The van der Waals surface area contributed by atoms with Gasteiger partial charge in [-0.3, -0.25) is 9.69 Å². The second-order valence-corrected chi connectivity index (χ2v) is 8.71. The molecule has 1 aliphatic heterocycles. The number of aliphatic hydroxyl groups excluding tert-OH is 1. The van der Waals surface area contributed by atoms with Gasteiger partial charge in [0.2, 0.25) is 5.91 Å². The molecule has 1 heterocycles. The minimum absolute atomic E-state index is 0.0780. The van der Waals surface area contributed by atoms with Gasteiger partial charge in [-0.15, -0.1) is 0 Å². The van der Waals surface area contributed by atoms with E-state index in [-0.39, 0.29) is 11.9 Å². The van der Waals surface area contributed by atoms with E-state index in [4.69, 9.17) is 0 Å². The SMILES string of the molecule is CC(C)C(CN(C)C(=O)C(C)(c1ccccc1)c1ccccc1)N1CCCC1O. The number of benzene rings is 2. The van der Waals surface area contributed by atoms with Crippen LogP contribution >= 0.6 is 0 Å². The Morgan fingerprint density at radius 1 is 1.10 bits per heavy atom. The van der Waals surface area contributed by atoms with Gasteiger partial charge in [0.25, 0.3) is 0 Å². The van der Waals surface area contributed by atoms with Gasteiger partial charge >= 0.3 is 0 Å². The summed E-state index contributed by atoms with van der Waals surface area (Å²) in [5, 5.41) is 10.4. The molecule has 1 aliphatic rings. The molecule has 1 saturated heterocycles. The Morgan fingerprint density at radius 3 is 2.03 bits per heavy atom. The van der Waals surface area contributed by atoms with Crippen molar-refractivity contribution in [1.29, 1.82) is 0 Å². The van der Waals surface area contributed by atoms with Crippen molar-refractivity contribution in [3.63, 3.8) is 0 Å². The molecule has 156 valence electrons. The van der Waals surface area contributed by atoms with Crippen LogP contribution in [-0.4, -0.2) is 53.2 Å². The van der Waals surface area contributed by atoms with Crippen LogP contribution in [0.25, 0.3) is 0 Å². The molecule has 2 atom stereocenters. The third kappa shape index (κ3) is 4.39. The first-order valence-electron chi connectivity index (χ1n) is 10.7. The predicted molar refractivity (Wildman–Crippen MR) is 118 cm³/mol. The number of amides is 1. The summed E-state index contributed by atoms with van der Waals surface area (Å²) in [6.07, 6.45) is 1.42. The van der Waals surface area contributed by atoms with Gasteiger partial charge in [-0.1, -0.05) is 74.5 Å². The molecule has 0 aliphatic carbocycles. The molecule has 0 saturated carbocycles. The third-order valence-electron chi connectivity index (χ3n) is 6.39. The highest BCUT2D eigenvalue weighted by molar-refractivity contribution is 5.91. The largest absolute Gasteiger partial charge is 0.378 e. The summed E-state index contributed by atoms with van der Waals surface area (Å²) in [6.45, 7) is 7.85. The smallest absolute Gasteiger partial charge is 0.237 e. The minimum Gasteiger partial charge on any atom is -0.378 e. The Bertz CT molecular complexity index is 751. The lowest BCUT2D eigenvalue weighted by atomic mass is 9.75. The number of aliphatic hydroxyl groups is 1. The van der Waals surface area contributed by atoms with E-state index in [1.807, 2.05) is 79.5 Å². The van der Waals surface area contributed by atoms with Gasteiger partial charge in [0.15, 0.2) is 0 Å². The average molecular weight is 395 g/mol. The molecule has 2 unspecified atom stereocenters. The van der Waals surface area contributed by atoms with Crippen LogP contribution in [0.5, 0.6) is 0 Å². The highest BCUT2D eigenvalue weighted by atomic mass is 16.3. The molecule has 1 fully saturated rings. The number of rotatable bonds is 7. The molecule has 0 bridgehead atoms. The van der Waals surface area contributed by atoms with Crippen molar-refractivity contribution in [2.75, 3.05) is 20.1 Å². The molecule has 4 heteroatoms. The summed E-state index contributed by atoms with van der Waals surface area (Å²) in [5.74, 6) is 0.423. The van der Waals surface area contributed by atoms with Crippen LogP contribution in [0.3, 0.4) is 0 Å². The van der Waals surface area contributed by atoms with Crippen LogP contribution in [0.2, 0.25) is 0 Å². The summed E-state index contributed by atoms with van der Waals surface area (Å²) in [7, 11) is 1.89. The number of likely N-dealkylation sites (N-methyl/N-ethyl adjacent to an activating group) is 1. The summed E-state index contributed by atoms with van der Waals surface area (Å²) >= 11 is 0. The fourth-order valence-corrected chi connectivity index (χ4v) is 4.56. The predicted octanol–water partition coefficient (Wildman–Crippen LogP) is 3.89.